The molecule has 0 spiro atoms. The Labute approximate surface area is 91.6 Å². The van der Waals surface area contributed by atoms with Gasteiger partial charge in [-0.2, -0.15) is 0 Å². The molecule has 3 nitrogen and oxygen atoms in total. The first-order chi connectivity index (χ1) is 6.61. The van der Waals surface area contributed by atoms with Crippen LogP contribution in [0.5, 0.6) is 0 Å². The second-order valence-corrected chi connectivity index (χ2v) is 3.78. The van der Waals surface area contributed by atoms with Crippen LogP contribution in [-0.2, 0) is 0 Å². The Balaban J connectivity index is 2.60. The minimum atomic E-state index is -1.26. The number of nitrogens with one attached hydrogen (secondary N) is 1. The Morgan fingerprint density at radius 1 is 1.29 bits per heavy atom. The maximum absolute atomic E-state index is 11.4. The van der Waals surface area contributed by atoms with Crippen LogP contribution in [0.1, 0.15) is 10.4 Å². The van der Waals surface area contributed by atoms with Crippen molar-refractivity contribution in [1.82, 2.24) is 5.32 Å². The van der Waals surface area contributed by atoms with E-state index in [1.54, 1.807) is 30.3 Å². The van der Waals surface area contributed by atoms with Gasteiger partial charge in [-0.05, 0) is 12.1 Å². The van der Waals surface area contributed by atoms with Gasteiger partial charge in [0.1, 0.15) is 0 Å². The van der Waals surface area contributed by atoms with E-state index in [1.807, 2.05) is 0 Å². The molecule has 0 radical (unpaired) electrons. The Hall–Kier alpha value is -0.770. The van der Waals surface area contributed by atoms with Crippen LogP contribution >= 0.6 is 23.2 Å². The highest BCUT2D eigenvalue weighted by Crippen LogP contribution is 2.06. The monoisotopic (exact) mass is 233 g/mol. The Bertz CT molecular complexity index is 303. The van der Waals surface area contributed by atoms with Gasteiger partial charge in [-0.15, -0.1) is 23.2 Å². The number of carbonyl (C=O) groups is 1. The van der Waals surface area contributed by atoms with Crippen LogP contribution < -0.4 is 5.32 Å². The summed E-state index contributed by atoms with van der Waals surface area (Å²) in [6.07, 6.45) is -1.26. The van der Waals surface area contributed by atoms with Gasteiger partial charge in [0.25, 0.3) is 5.91 Å². The second kappa shape index (κ2) is 5.20. The van der Waals surface area contributed by atoms with E-state index in [1.165, 1.54) is 0 Å². The van der Waals surface area contributed by atoms with Crippen molar-refractivity contribution >= 4 is 29.1 Å². The molecular formula is C9H9Cl2NO2. The van der Waals surface area contributed by atoms with E-state index in [0.717, 1.165) is 0 Å². The van der Waals surface area contributed by atoms with E-state index >= 15 is 0 Å². The standard InChI is InChI=1S/C9H9Cl2NO2/c10-7(11)9(14)12-8(13)6-4-2-1-3-5-6/h1-5,7,9,14H,(H,12,13). The first-order valence-electron chi connectivity index (χ1n) is 3.93. The molecule has 5 heteroatoms. The van der Waals surface area contributed by atoms with Crippen molar-refractivity contribution < 1.29 is 9.90 Å². The number of hydrogen-bond donors (Lipinski definition) is 2. The van der Waals surface area contributed by atoms with Crippen molar-refractivity contribution in [2.24, 2.45) is 0 Å². The number of aliphatic hydroxyl groups excluding tert-OH is 1. The molecular weight excluding hydrogens is 225 g/mol. The lowest BCUT2D eigenvalue weighted by Crippen LogP contribution is -2.38. The molecule has 0 aliphatic heterocycles. The Morgan fingerprint density at radius 3 is 2.36 bits per heavy atom. The molecule has 0 aliphatic carbocycles. The topological polar surface area (TPSA) is 49.3 Å². The van der Waals surface area contributed by atoms with Crippen LogP contribution in [0.15, 0.2) is 30.3 Å². The molecule has 0 heterocycles. The van der Waals surface area contributed by atoms with Gasteiger partial charge in [0, 0.05) is 5.56 Å². The third-order valence-corrected chi connectivity index (χ3v) is 2.03. The van der Waals surface area contributed by atoms with Crippen LogP contribution in [0, 0.1) is 0 Å². The summed E-state index contributed by atoms with van der Waals surface area (Å²) in [7, 11) is 0. The zero-order chi connectivity index (χ0) is 10.6. The second-order valence-electron chi connectivity index (χ2n) is 2.62. The van der Waals surface area contributed by atoms with Crippen LogP contribution in [0.2, 0.25) is 0 Å². The summed E-state index contributed by atoms with van der Waals surface area (Å²) in [4.78, 5) is 10.3. The van der Waals surface area contributed by atoms with Crippen LogP contribution in [-0.4, -0.2) is 22.1 Å². The maximum atomic E-state index is 11.4. The predicted molar refractivity (Wildman–Crippen MR) is 55.4 cm³/mol. The lowest BCUT2D eigenvalue weighted by Gasteiger charge is -2.12. The van der Waals surface area contributed by atoms with Gasteiger partial charge in [-0.25, -0.2) is 0 Å². The van der Waals surface area contributed by atoms with Gasteiger partial charge in [0.15, 0.2) is 11.1 Å². The van der Waals surface area contributed by atoms with Crippen LogP contribution in [0.25, 0.3) is 0 Å². The van der Waals surface area contributed by atoms with E-state index in [2.05, 4.69) is 5.32 Å². The smallest absolute Gasteiger partial charge is 0.253 e. The lowest BCUT2D eigenvalue weighted by atomic mass is 10.2. The number of amides is 1. The first kappa shape index (κ1) is 11.3. The van der Waals surface area contributed by atoms with Crippen molar-refractivity contribution in [3.8, 4) is 0 Å². The zero-order valence-corrected chi connectivity index (χ0v) is 8.66. The molecule has 0 aliphatic rings. The molecule has 0 fully saturated rings. The summed E-state index contributed by atoms with van der Waals surface area (Å²) in [6, 6.07) is 8.48. The van der Waals surface area contributed by atoms with Gasteiger partial charge in [0.05, 0.1) is 0 Å². The van der Waals surface area contributed by atoms with E-state index in [0.29, 0.717) is 5.56 Å². The maximum Gasteiger partial charge on any atom is 0.253 e. The first-order valence-corrected chi connectivity index (χ1v) is 4.80. The molecule has 0 aromatic heterocycles. The SMILES string of the molecule is O=C(NC(O)C(Cl)Cl)c1ccccc1. The number of carbonyl (C=O) groups excluding carboxylic acids is 1. The van der Waals surface area contributed by atoms with E-state index in [-0.39, 0.29) is 0 Å². The van der Waals surface area contributed by atoms with Gasteiger partial charge in [-0.3, -0.25) is 4.79 Å². The van der Waals surface area contributed by atoms with E-state index < -0.39 is 17.0 Å². The van der Waals surface area contributed by atoms with Crippen LogP contribution in [0.4, 0.5) is 0 Å². The zero-order valence-electron chi connectivity index (χ0n) is 7.15. The number of hydrogen-bond acceptors (Lipinski definition) is 2. The van der Waals surface area contributed by atoms with Crippen molar-refractivity contribution in [2.75, 3.05) is 0 Å². The Kier molecular flexibility index (Phi) is 4.20. The molecule has 2 N–H and O–H groups in total. The average Bonchev–Trinajstić information content (AvgIpc) is 2.19. The molecule has 1 atom stereocenters. The fourth-order valence-corrected chi connectivity index (χ4v) is 0.996. The highest BCUT2D eigenvalue weighted by atomic mass is 35.5. The number of alkyl halides is 2. The quantitative estimate of drug-likeness (QED) is 0.615. The molecule has 14 heavy (non-hydrogen) atoms. The average molecular weight is 234 g/mol. The summed E-state index contributed by atoms with van der Waals surface area (Å²) in [5.41, 5.74) is 0.445. The van der Waals surface area contributed by atoms with Gasteiger partial charge >= 0.3 is 0 Å². The summed E-state index contributed by atoms with van der Waals surface area (Å²) >= 11 is 10.7. The van der Waals surface area contributed by atoms with Crippen molar-refractivity contribution in [2.45, 2.75) is 11.1 Å². The molecule has 0 bridgehead atoms. The van der Waals surface area contributed by atoms with E-state index in [9.17, 15) is 4.79 Å². The summed E-state index contributed by atoms with van der Waals surface area (Å²) in [5, 5.41) is 11.4. The van der Waals surface area contributed by atoms with Gasteiger partial charge < -0.3 is 10.4 Å². The molecule has 0 saturated heterocycles. The molecule has 1 aromatic carbocycles. The fraction of sp³-hybridized carbons (Fsp3) is 0.222. The third-order valence-electron chi connectivity index (χ3n) is 1.55. The minimum absolute atomic E-state index is 0.413. The molecule has 1 unspecified atom stereocenters. The highest BCUT2D eigenvalue weighted by molar-refractivity contribution is 6.44. The number of rotatable bonds is 3. The summed E-state index contributed by atoms with van der Waals surface area (Å²) in [5.74, 6) is -0.413. The van der Waals surface area contributed by atoms with Crippen molar-refractivity contribution in [1.29, 1.82) is 0 Å². The number of aliphatic hydroxyl groups is 1. The molecule has 76 valence electrons. The molecule has 0 saturated carbocycles. The lowest BCUT2D eigenvalue weighted by molar-refractivity contribution is 0.0809. The number of benzene rings is 1. The summed E-state index contributed by atoms with van der Waals surface area (Å²) in [6.45, 7) is 0. The largest absolute Gasteiger partial charge is 0.371 e. The molecule has 1 rings (SSSR count). The molecule has 1 aromatic rings. The number of halogens is 2. The summed E-state index contributed by atoms with van der Waals surface area (Å²) < 4.78 is 0. The predicted octanol–water partition coefficient (Wildman–Crippen LogP) is 1.54. The van der Waals surface area contributed by atoms with Crippen molar-refractivity contribution in [3.05, 3.63) is 35.9 Å². The molecule has 1 amide bonds. The fourth-order valence-electron chi connectivity index (χ4n) is 0.870. The van der Waals surface area contributed by atoms with Crippen molar-refractivity contribution in [3.63, 3.8) is 0 Å². The highest BCUT2D eigenvalue weighted by Gasteiger charge is 2.16. The van der Waals surface area contributed by atoms with Crippen LogP contribution in [0.3, 0.4) is 0 Å². The van der Waals surface area contributed by atoms with E-state index in [4.69, 9.17) is 28.3 Å². The minimum Gasteiger partial charge on any atom is -0.371 e. The normalized spacial score (nSPS) is 12.6. The van der Waals surface area contributed by atoms with Gasteiger partial charge in [0.2, 0.25) is 0 Å². The van der Waals surface area contributed by atoms with Gasteiger partial charge in [-0.1, -0.05) is 18.2 Å². The third kappa shape index (κ3) is 3.18. The Morgan fingerprint density at radius 2 is 1.86 bits per heavy atom.